The van der Waals surface area contributed by atoms with E-state index in [-0.39, 0.29) is 5.02 Å². The van der Waals surface area contributed by atoms with Crippen LogP contribution in [-0.2, 0) is 0 Å². The van der Waals surface area contributed by atoms with Crippen LogP contribution in [0.4, 0.5) is 4.39 Å². The van der Waals surface area contributed by atoms with Crippen molar-refractivity contribution in [2.45, 2.75) is 6.10 Å². The Balaban J connectivity index is 2.06. The third kappa shape index (κ3) is 2.21. The Morgan fingerprint density at radius 2 is 2.05 bits per heavy atom. The summed E-state index contributed by atoms with van der Waals surface area (Å²) in [6, 6.07) is 8.57. The maximum atomic E-state index is 13.0. The average Bonchev–Trinajstić information content (AvgIpc) is 2.77. The number of H-pyrrole nitrogens is 1. The van der Waals surface area contributed by atoms with Crippen molar-refractivity contribution < 1.29 is 13.9 Å². The van der Waals surface area contributed by atoms with Crippen LogP contribution in [-0.4, -0.2) is 10.1 Å². The summed E-state index contributed by atoms with van der Waals surface area (Å²) in [7, 11) is 0. The highest BCUT2D eigenvalue weighted by Crippen LogP contribution is 2.30. The molecule has 1 aromatic heterocycles. The Morgan fingerprint density at radius 1 is 1.25 bits per heavy atom. The molecular formula is C14H9ClFNO3. The monoisotopic (exact) mass is 293 g/mol. The van der Waals surface area contributed by atoms with Gasteiger partial charge in [-0.05, 0) is 29.8 Å². The molecule has 0 saturated heterocycles. The van der Waals surface area contributed by atoms with Gasteiger partial charge in [0.2, 0.25) is 0 Å². The summed E-state index contributed by atoms with van der Waals surface area (Å²) in [5.41, 5.74) is 1.75. The maximum Gasteiger partial charge on any atom is 0.417 e. The SMILES string of the molecule is O=c1[nH]c2ccc(C(O)c3ccc(F)cc3Cl)cc2o1. The lowest BCUT2D eigenvalue weighted by Gasteiger charge is -2.13. The normalized spacial score (nSPS) is 12.8. The van der Waals surface area contributed by atoms with Gasteiger partial charge in [0, 0.05) is 10.6 Å². The number of aromatic amines is 1. The van der Waals surface area contributed by atoms with Crippen LogP contribution in [0.5, 0.6) is 0 Å². The molecule has 2 aromatic carbocycles. The van der Waals surface area contributed by atoms with E-state index < -0.39 is 17.7 Å². The lowest BCUT2D eigenvalue weighted by atomic mass is 10.0. The van der Waals surface area contributed by atoms with Gasteiger partial charge in [0.1, 0.15) is 11.9 Å². The molecule has 0 aliphatic heterocycles. The van der Waals surface area contributed by atoms with Crippen molar-refractivity contribution >= 4 is 22.7 Å². The Hall–Kier alpha value is -2.11. The van der Waals surface area contributed by atoms with E-state index in [1.807, 2.05) is 0 Å². The molecule has 20 heavy (non-hydrogen) atoms. The first-order chi connectivity index (χ1) is 9.54. The second-order valence-corrected chi connectivity index (χ2v) is 4.75. The topological polar surface area (TPSA) is 66.2 Å². The van der Waals surface area contributed by atoms with E-state index >= 15 is 0 Å². The summed E-state index contributed by atoms with van der Waals surface area (Å²) in [5, 5.41) is 10.4. The van der Waals surface area contributed by atoms with E-state index in [0.717, 1.165) is 6.07 Å². The third-order valence-electron chi connectivity index (χ3n) is 3.02. The molecule has 3 aromatic rings. The van der Waals surface area contributed by atoms with Crippen molar-refractivity contribution in [3.8, 4) is 0 Å². The fraction of sp³-hybridized carbons (Fsp3) is 0.0714. The van der Waals surface area contributed by atoms with Crippen LogP contribution in [0.2, 0.25) is 5.02 Å². The minimum Gasteiger partial charge on any atom is -0.408 e. The highest BCUT2D eigenvalue weighted by atomic mass is 35.5. The van der Waals surface area contributed by atoms with Crippen molar-refractivity contribution in [3.63, 3.8) is 0 Å². The van der Waals surface area contributed by atoms with Crippen LogP contribution in [0.3, 0.4) is 0 Å². The van der Waals surface area contributed by atoms with E-state index in [0.29, 0.717) is 22.2 Å². The van der Waals surface area contributed by atoms with Crippen LogP contribution in [0.25, 0.3) is 11.1 Å². The van der Waals surface area contributed by atoms with Gasteiger partial charge in [0.15, 0.2) is 5.58 Å². The highest BCUT2D eigenvalue weighted by Gasteiger charge is 2.16. The van der Waals surface area contributed by atoms with Crippen molar-refractivity contribution in [2.24, 2.45) is 0 Å². The number of aliphatic hydroxyl groups is 1. The minimum atomic E-state index is -1.03. The summed E-state index contributed by atoms with van der Waals surface area (Å²) in [5.74, 6) is -1.04. The molecule has 102 valence electrons. The Kier molecular flexibility index (Phi) is 3.08. The summed E-state index contributed by atoms with van der Waals surface area (Å²) >= 11 is 5.92. The van der Waals surface area contributed by atoms with Crippen LogP contribution in [0, 0.1) is 5.82 Å². The van der Waals surface area contributed by atoms with Crippen LogP contribution >= 0.6 is 11.6 Å². The lowest BCUT2D eigenvalue weighted by Crippen LogP contribution is -2.00. The first-order valence-electron chi connectivity index (χ1n) is 5.80. The fourth-order valence-corrected chi connectivity index (χ4v) is 2.31. The molecule has 0 saturated carbocycles. The molecule has 1 heterocycles. The van der Waals surface area contributed by atoms with Gasteiger partial charge in [-0.3, -0.25) is 4.98 Å². The molecule has 0 spiro atoms. The molecule has 6 heteroatoms. The minimum absolute atomic E-state index is 0.133. The van der Waals surface area contributed by atoms with Gasteiger partial charge >= 0.3 is 5.76 Å². The van der Waals surface area contributed by atoms with Crippen LogP contribution < -0.4 is 5.76 Å². The zero-order valence-corrected chi connectivity index (χ0v) is 10.8. The van der Waals surface area contributed by atoms with Gasteiger partial charge in [-0.25, -0.2) is 9.18 Å². The van der Waals surface area contributed by atoms with E-state index in [9.17, 15) is 14.3 Å². The second-order valence-electron chi connectivity index (χ2n) is 4.34. The van der Waals surface area contributed by atoms with Crippen molar-refractivity contribution in [1.82, 2.24) is 4.98 Å². The number of rotatable bonds is 2. The second kappa shape index (κ2) is 4.77. The number of aromatic nitrogens is 1. The molecule has 0 radical (unpaired) electrons. The Morgan fingerprint density at radius 3 is 2.80 bits per heavy atom. The van der Waals surface area contributed by atoms with E-state index in [1.54, 1.807) is 12.1 Å². The fourth-order valence-electron chi connectivity index (χ4n) is 2.03. The molecule has 0 amide bonds. The van der Waals surface area contributed by atoms with Crippen LogP contribution in [0.1, 0.15) is 17.2 Å². The lowest BCUT2D eigenvalue weighted by molar-refractivity contribution is 0.220. The Bertz CT molecular complexity index is 840. The molecular weight excluding hydrogens is 285 g/mol. The summed E-state index contributed by atoms with van der Waals surface area (Å²) < 4.78 is 17.9. The number of nitrogens with one attached hydrogen (secondary N) is 1. The molecule has 2 N–H and O–H groups in total. The molecule has 0 fully saturated rings. The summed E-state index contributed by atoms with van der Waals surface area (Å²) in [6.07, 6.45) is -1.03. The highest BCUT2D eigenvalue weighted by molar-refractivity contribution is 6.31. The number of fused-ring (bicyclic) bond motifs is 1. The zero-order valence-electron chi connectivity index (χ0n) is 10.1. The predicted octanol–water partition coefficient (Wildman–Crippen LogP) is 3.00. The number of hydrogen-bond donors (Lipinski definition) is 2. The molecule has 1 unspecified atom stereocenters. The number of hydrogen-bond acceptors (Lipinski definition) is 3. The van der Waals surface area contributed by atoms with Gasteiger partial charge in [-0.15, -0.1) is 0 Å². The molecule has 4 nitrogen and oxygen atoms in total. The van der Waals surface area contributed by atoms with Gasteiger partial charge in [-0.2, -0.15) is 0 Å². The van der Waals surface area contributed by atoms with Gasteiger partial charge in [-0.1, -0.05) is 23.7 Å². The van der Waals surface area contributed by atoms with Crippen LogP contribution in [0.15, 0.2) is 45.6 Å². The molecule has 0 aliphatic carbocycles. The summed E-state index contributed by atoms with van der Waals surface area (Å²) in [4.78, 5) is 13.6. The molecule has 1 atom stereocenters. The first-order valence-corrected chi connectivity index (χ1v) is 6.18. The predicted molar refractivity (Wildman–Crippen MR) is 72.3 cm³/mol. The smallest absolute Gasteiger partial charge is 0.408 e. The third-order valence-corrected chi connectivity index (χ3v) is 3.35. The number of halogens is 2. The standard InChI is InChI=1S/C14H9ClFNO3/c15-10-6-8(16)2-3-9(10)13(18)7-1-4-11-12(5-7)20-14(19)17-11/h1-6,13,18H,(H,17,19). The molecule has 3 rings (SSSR count). The van der Waals surface area contributed by atoms with Gasteiger partial charge < -0.3 is 9.52 Å². The number of oxazole rings is 1. The molecule has 0 aliphatic rings. The maximum absolute atomic E-state index is 13.0. The first kappa shape index (κ1) is 12.9. The average molecular weight is 294 g/mol. The Labute approximate surface area is 117 Å². The van der Waals surface area contributed by atoms with Crippen molar-refractivity contribution in [2.75, 3.05) is 0 Å². The van der Waals surface area contributed by atoms with Gasteiger partial charge in [0.05, 0.1) is 5.52 Å². The number of aliphatic hydroxyl groups excluding tert-OH is 1. The molecule has 0 bridgehead atoms. The van der Waals surface area contributed by atoms with Gasteiger partial charge in [0.25, 0.3) is 0 Å². The van der Waals surface area contributed by atoms with E-state index in [1.165, 1.54) is 18.2 Å². The summed E-state index contributed by atoms with van der Waals surface area (Å²) in [6.45, 7) is 0. The van der Waals surface area contributed by atoms with Crippen molar-refractivity contribution in [3.05, 3.63) is 68.9 Å². The number of benzene rings is 2. The zero-order chi connectivity index (χ0) is 14.3. The van der Waals surface area contributed by atoms with E-state index in [2.05, 4.69) is 4.98 Å². The van der Waals surface area contributed by atoms with E-state index in [4.69, 9.17) is 16.0 Å². The van der Waals surface area contributed by atoms with Crippen molar-refractivity contribution in [1.29, 1.82) is 0 Å². The largest absolute Gasteiger partial charge is 0.417 e. The quantitative estimate of drug-likeness (QED) is 0.763.